The molecule has 2 aliphatic rings. The quantitative estimate of drug-likeness (QED) is 0.840. The van der Waals surface area contributed by atoms with E-state index in [4.69, 9.17) is 0 Å². The second-order valence-electron chi connectivity index (χ2n) is 7.52. The summed E-state index contributed by atoms with van der Waals surface area (Å²) >= 11 is 1.06. The number of piperidine rings is 1. The summed E-state index contributed by atoms with van der Waals surface area (Å²) in [6.07, 6.45) is -0.0113. The number of likely N-dealkylation sites (tertiary alicyclic amines) is 1. The standard InChI is InChI=1S/C19H22F3N3OS/c1-11-14-4-5-15(19(20,21)22)24-17(14)27-16(11)18(26)25-8-6-13(7-9-25)23-10-12-2-3-12/h4-5,12-13,23H,2-3,6-10H2,1H3. The average molecular weight is 397 g/mol. The molecule has 27 heavy (non-hydrogen) atoms. The maximum atomic E-state index is 12.9. The van der Waals surface area contributed by atoms with Crippen LogP contribution in [-0.4, -0.2) is 41.5 Å². The first kappa shape index (κ1) is 18.7. The van der Waals surface area contributed by atoms with E-state index in [1.54, 1.807) is 6.92 Å². The molecule has 4 rings (SSSR count). The Labute approximate surface area is 159 Å². The summed E-state index contributed by atoms with van der Waals surface area (Å²) < 4.78 is 38.7. The molecule has 0 radical (unpaired) electrons. The third kappa shape index (κ3) is 3.96. The van der Waals surface area contributed by atoms with Gasteiger partial charge in [0.25, 0.3) is 5.91 Å². The lowest BCUT2D eigenvalue weighted by Crippen LogP contribution is -2.45. The van der Waals surface area contributed by atoms with Gasteiger partial charge in [0.2, 0.25) is 0 Å². The van der Waals surface area contributed by atoms with E-state index in [0.717, 1.165) is 48.3 Å². The molecule has 1 aliphatic carbocycles. The lowest BCUT2D eigenvalue weighted by atomic mass is 10.0. The van der Waals surface area contributed by atoms with Gasteiger partial charge in [0, 0.05) is 24.5 Å². The van der Waals surface area contributed by atoms with Gasteiger partial charge in [0.05, 0.1) is 4.88 Å². The molecule has 0 unspecified atom stereocenters. The fourth-order valence-corrected chi connectivity index (χ4v) is 4.69. The minimum absolute atomic E-state index is 0.0929. The van der Waals surface area contributed by atoms with Crippen LogP contribution >= 0.6 is 11.3 Å². The topological polar surface area (TPSA) is 45.2 Å². The van der Waals surface area contributed by atoms with Crippen LogP contribution in [0.3, 0.4) is 0 Å². The van der Waals surface area contributed by atoms with Crippen molar-refractivity contribution in [3.8, 4) is 0 Å². The van der Waals surface area contributed by atoms with Gasteiger partial charge >= 0.3 is 6.18 Å². The Balaban J connectivity index is 1.46. The second-order valence-corrected chi connectivity index (χ2v) is 8.52. The first-order chi connectivity index (χ1) is 12.8. The molecule has 1 aliphatic heterocycles. The average Bonchev–Trinajstić information content (AvgIpc) is 3.42. The van der Waals surface area contributed by atoms with Crippen LogP contribution in [0.5, 0.6) is 0 Å². The number of thiophene rings is 1. The zero-order chi connectivity index (χ0) is 19.2. The van der Waals surface area contributed by atoms with Gasteiger partial charge in [0.15, 0.2) is 0 Å². The van der Waals surface area contributed by atoms with Gasteiger partial charge in [-0.1, -0.05) is 0 Å². The molecule has 1 saturated carbocycles. The number of rotatable bonds is 4. The Morgan fingerprint density at radius 1 is 1.26 bits per heavy atom. The van der Waals surface area contributed by atoms with Crippen LogP contribution in [-0.2, 0) is 6.18 Å². The Hall–Kier alpha value is -1.67. The number of hydrogen-bond acceptors (Lipinski definition) is 4. The van der Waals surface area contributed by atoms with E-state index in [-0.39, 0.29) is 10.7 Å². The third-order valence-corrected chi connectivity index (χ3v) is 6.65. The van der Waals surface area contributed by atoms with E-state index in [9.17, 15) is 18.0 Å². The highest BCUT2D eigenvalue weighted by Crippen LogP contribution is 2.35. The number of aryl methyl sites for hydroxylation is 1. The summed E-state index contributed by atoms with van der Waals surface area (Å²) in [7, 11) is 0. The van der Waals surface area contributed by atoms with E-state index < -0.39 is 11.9 Å². The maximum absolute atomic E-state index is 12.9. The van der Waals surface area contributed by atoms with Crippen LogP contribution in [0.2, 0.25) is 0 Å². The summed E-state index contributed by atoms with van der Waals surface area (Å²) in [5.41, 5.74) is -0.201. The number of pyridine rings is 1. The molecular weight excluding hydrogens is 375 g/mol. The fraction of sp³-hybridized carbons (Fsp3) is 0.579. The van der Waals surface area contributed by atoms with Crippen molar-refractivity contribution in [1.82, 2.24) is 15.2 Å². The molecule has 8 heteroatoms. The first-order valence-electron chi connectivity index (χ1n) is 9.33. The van der Waals surface area contributed by atoms with Crippen LogP contribution in [0, 0.1) is 12.8 Å². The van der Waals surface area contributed by atoms with Crippen molar-refractivity contribution in [1.29, 1.82) is 0 Å². The van der Waals surface area contributed by atoms with Gasteiger partial charge < -0.3 is 10.2 Å². The molecule has 3 heterocycles. The van der Waals surface area contributed by atoms with Crippen molar-refractivity contribution >= 4 is 27.5 Å². The summed E-state index contributed by atoms with van der Waals surface area (Å²) in [5, 5.41) is 4.21. The van der Waals surface area contributed by atoms with Crippen LogP contribution in [0.25, 0.3) is 10.2 Å². The number of nitrogens with one attached hydrogen (secondary N) is 1. The Kier molecular flexibility index (Phi) is 4.88. The predicted molar refractivity (Wildman–Crippen MR) is 99.0 cm³/mol. The van der Waals surface area contributed by atoms with Crippen LogP contribution < -0.4 is 5.32 Å². The third-order valence-electron chi connectivity index (χ3n) is 5.46. The van der Waals surface area contributed by atoms with Crippen molar-refractivity contribution in [2.45, 2.75) is 44.8 Å². The normalized spacial score (nSPS) is 19.0. The summed E-state index contributed by atoms with van der Waals surface area (Å²) in [4.78, 5) is 19.2. The zero-order valence-corrected chi connectivity index (χ0v) is 15.9. The number of alkyl halides is 3. The van der Waals surface area contributed by atoms with E-state index in [2.05, 4.69) is 10.3 Å². The SMILES string of the molecule is Cc1c(C(=O)N2CCC(NCC3CC3)CC2)sc2nc(C(F)(F)F)ccc12. The summed E-state index contributed by atoms with van der Waals surface area (Å²) in [6, 6.07) is 2.85. The molecule has 0 aromatic carbocycles. The molecule has 2 aromatic rings. The number of hydrogen-bond donors (Lipinski definition) is 1. The fourth-order valence-electron chi connectivity index (χ4n) is 3.55. The van der Waals surface area contributed by atoms with E-state index in [1.165, 1.54) is 18.9 Å². The Morgan fingerprint density at radius 2 is 1.96 bits per heavy atom. The van der Waals surface area contributed by atoms with Crippen LogP contribution in [0.1, 0.15) is 46.6 Å². The van der Waals surface area contributed by atoms with Crippen molar-refractivity contribution < 1.29 is 18.0 Å². The van der Waals surface area contributed by atoms with Crippen LogP contribution in [0.15, 0.2) is 12.1 Å². The van der Waals surface area contributed by atoms with Gasteiger partial charge in [-0.15, -0.1) is 11.3 Å². The summed E-state index contributed by atoms with van der Waals surface area (Å²) in [6.45, 7) is 4.21. The molecule has 0 bridgehead atoms. The molecule has 0 atom stereocenters. The number of fused-ring (bicyclic) bond motifs is 1. The lowest BCUT2D eigenvalue weighted by Gasteiger charge is -2.32. The molecule has 0 spiro atoms. The molecule has 2 aromatic heterocycles. The molecule has 2 fully saturated rings. The van der Waals surface area contributed by atoms with Gasteiger partial charge in [-0.3, -0.25) is 4.79 Å². The smallest absolute Gasteiger partial charge is 0.338 e. The van der Waals surface area contributed by atoms with E-state index >= 15 is 0 Å². The van der Waals surface area contributed by atoms with Crippen molar-refractivity contribution in [2.24, 2.45) is 5.92 Å². The molecule has 1 saturated heterocycles. The number of carbonyl (C=O) groups excluding carboxylic acids is 1. The highest BCUT2D eigenvalue weighted by molar-refractivity contribution is 7.20. The number of aromatic nitrogens is 1. The lowest BCUT2D eigenvalue weighted by molar-refractivity contribution is -0.140. The molecule has 1 amide bonds. The molecular formula is C19H22F3N3OS. The minimum Gasteiger partial charge on any atom is -0.338 e. The highest BCUT2D eigenvalue weighted by atomic mass is 32.1. The maximum Gasteiger partial charge on any atom is 0.433 e. The molecule has 146 valence electrons. The van der Waals surface area contributed by atoms with E-state index in [0.29, 0.717) is 29.4 Å². The minimum atomic E-state index is -4.48. The largest absolute Gasteiger partial charge is 0.433 e. The van der Waals surface area contributed by atoms with Crippen molar-refractivity contribution in [2.75, 3.05) is 19.6 Å². The second kappa shape index (κ2) is 7.05. The monoisotopic (exact) mass is 397 g/mol. The zero-order valence-electron chi connectivity index (χ0n) is 15.1. The molecule has 1 N–H and O–H groups in total. The molecule has 4 nitrogen and oxygen atoms in total. The number of carbonyl (C=O) groups is 1. The van der Waals surface area contributed by atoms with Gasteiger partial charge in [0.1, 0.15) is 10.5 Å². The van der Waals surface area contributed by atoms with Crippen molar-refractivity contribution in [3.05, 3.63) is 28.3 Å². The highest BCUT2D eigenvalue weighted by Gasteiger charge is 2.33. The van der Waals surface area contributed by atoms with Crippen LogP contribution in [0.4, 0.5) is 13.2 Å². The summed E-state index contributed by atoms with van der Waals surface area (Å²) in [5.74, 6) is 0.740. The predicted octanol–water partition coefficient (Wildman–Crippen LogP) is 4.23. The van der Waals surface area contributed by atoms with Gasteiger partial charge in [-0.05, 0) is 62.8 Å². The van der Waals surface area contributed by atoms with Gasteiger partial charge in [-0.25, -0.2) is 4.98 Å². The first-order valence-corrected chi connectivity index (χ1v) is 10.1. The van der Waals surface area contributed by atoms with Crippen molar-refractivity contribution in [3.63, 3.8) is 0 Å². The Bertz CT molecular complexity index is 852. The number of nitrogens with zero attached hydrogens (tertiary/aromatic N) is 2. The number of amides is 1. The Morgan fingerprint density at radius 3 is 2.59 bits per heavy atom. The van der Waals surface area contributed by atoms with Gasteiger partial charge in [-0.2, -0.15) is 13.2 Å². The number of halogens is 3. The van der Waals surface area contributed by atoms with E-state index in [1.807, 2.05) is 4.90 Å².